The van der Waals surface area contributed by atoms with Crippen LogP contribution in [0.2, 0.25) is 0 Å². The van der Waals surface area contributed by atoms with Gasteiger partial charge in [-0.2, -0.15) is 10.2 Å². The first-order chi connectivity index (χ1) is 47.5. The number of morpholine rings is 1. The predicted molar refractivity (Wildman–Crippen MR) is 379 cm³/mol. The minimum atomic E-state index is -0.790. The Morgan fingerprint density at radius 1 is 0.663 bits per heavy atom. The first kappa shape index (κ1) is 72.6. The number of hydrogen-bond acceptors (Lipinski definition) is 15. The van der Waals surface area contributed by atoms with Gasteiger partial charge in [0.05, 0.1) is 63.3 Å². The zero-order valence-corrected chi connectivity index (χ0v) is 57.9. The Balaban J connectivity index is 0.000000208. The number of carbonyl (C=O) groups excluding carboxylic acids is 6. The second-order valence-corrected chi connectivity index (χ2v) is 24.8. The number of likely N-dealkylation sites (N-methyl/N-ethyl adjacent to an activating group) is 2. The number of anilines is 1. The highest BCUT2D eigenvalue weighted by Gasteiger charge is 2.52. The van der Waals surface area contributed by atoms with E-state index in [9.17, 15) is 39.0 Å². The van der Waals surface area contributed by atoms with E-state index >= 15 is 0 Å². The Morgan fingerprint density at radius 2 is 1.22 bits per heavy atom. The van der Waals surface area contributed by atoms with Gasteiger partial charge in [-0.25, -0.2) is 19.8 Å². The molecular weight excluding hydrogens is 1240 g/mol. The van der Waals surface area contributed by atoms with E-state index in [2.05, 4.69) is 59.5 Å². The van der Waals surface area contributed by atoms with E-state index in [0.29, 0.717) is 32.5 Å². The molecule has 0 bridgehead atoms. The summed E-state index contributed by atoms with van der Waals surface area (Å²) in [6.07, 6.45) is 5.56. The normalized spacial score (nSPS) is 19.1. The maximum atomic E-state index is 14.5. The van der Waals surface area contributed by atoms with Crippen molar-refractivity contribution in [1.82, 2.24) is 59.6 Å². The molecule has 98 heavy (non-hydrogen) atoms. The number of urea groups is 1. The number of fused-ring (bicyclic) bond motifs is 3. The lowest BCUT2D eigenvalue weighted by atomic mass is 9.98. The van der Waals surface area contributed by atoms with E-state index in [0.717, 1.165) is 96.6 Å². The Labute approximate surface area is 575 Å². The highest BCUT2D eigenvalue weighted by molar-refractivity contribution is 5.93. The monoisotopic (exact) mass is 1340 g/mol. The summed E-state index contributed by atoms with van der Waals surface area (Å²) in [5, 5.41) is 41.2. The molecule has 5 saturated heterocycles. The van der Waals surface area contributed by atoms with Gasteiger partial charge >= 0.3 is 6.03 Å². The predicted octanol–water partition coefficient (Wildman–Crippen LogP) is 8.35. The number of hydrogen-bond donors (Lipinski definition) is 3. The molecule has 7 aromatic rings. The van der Waals surface area contributed by atoms with E-state index in [4.69, 9.17) is 9.84 Å². The topological polar surface area (TPSA) is 227 Å². The molecule has 5 aliphatic heterocycles. The summed E-state index contributed by atoms with van der Waals surface area (Å²) in [5.41, 5.74) is 7.91. The number of phenolic OH excluding ortho intramolecular Hbond substituents is 2. The highest BCUT2D eigenvalue weighted by atomic mass is 16.5. The Bertz CT molecular complexity index is 3800. The van der Waals surface area contributed by atoms with E-state index in [1.165, 1.54) is 12.5 Å². The molecule has 23 nitrogen and oxygen atoms in total. The van der Waals surface area contributed by atoms with Crippen molar-refractivity contribution in [3.8, 4) is 11.5 Å². The van der Waals surface area contributed by atoms with Gasteiger partial charge in [-0.1, -0.05) is 143 Å². The summed E-state index contributed by atoms with van der Waals surface area (Å²) in [4.78, 5) is 91.0. The van der Waals surface area contributed by atoms with Crippen LogP contribution in [0.5, 0.6) is 11.5 Å². The van der Waals surface area contributed by atoms with Crippen molar-refractivity contribution in [2.24, 2.45) is 5.10 Å². The summed E-state index contributed by atoms with van der Waals surface area (Å²) >= 11 is 0. The van der Waals surface area contributed by atoms with Gasteiger partial charge in [0.2, 0.25) is 29.5 Å². The van der Waals surface area contributed by atoms with E-state index in [1.54, 1.807) is 96.3 Å². The van der Waals surface area contributed by atoms with Gasteiger partial charge in [0, 0.05) is 84.9 Å². The first-order valence-electron chi connectivity index (χ1n) is 34.2. The molecule has 520 valence electrons. The number of nitrogens with one attached hydrogen (secondary N) is 1. The maximum absolute atomic E-state index is 14.5. The van der Waals surface area contributed by atoms with Gasteiger partial charge in [0.1, 0.15) is 35.9 Å². The van der Waals surface area contributed by atoms with Crippen molar-refractivity contribution in [2.75, 3.05) is 84.7 Å². The average molecular weight is 1340 g/mol. The van der Waals surface area contributed by atoms with E-state index in [-0.39, 0.29) is 86.2 Å². The standard InChI is InChI=1S/C38H48N8O5.C27H32N6O4.C8H10.C2H6/c1-3-40-44(20-19-42-21-23-51-24-22-42)33-12-8-7-11-31(33)26-43-27-35-45(34(37(43)49)18-15-29-13-16-32(47)17-14-29)36(48)28-41(2)46(35)38(50)39-25-30-9-5-4-6-10-30;1-4-11-31-23-13-20(5-8-21(23)14-28-31)15-30-16-25-32(26(36)17-29(3)33(25)18(2)34)24(27(30)37)12-19-6-9-22(35)10-7-19;1-2-8-6-4-3-5-7-8;1-2/h3-14,16-17,34-35,47H,15,18-28H2,1-2H3,(H,39,50);5-10,13-14,24-25,35H,4,11-12,15-17H2,1-3H3;3-7H,2H2,1H3;1-2H3/b40-3-;;;/t34-,35?;24-,25?;;/m00../s1. The maximum Gasteiger partial charge on any atom is 0.334 e. The summed E-state index contributed by atoms with van der Waals surface area (Å²) in [6.45, 7) is 18.4. The lowest BCUT2D eigenvalue weighted by Gasteiger charge is -2.54. The molecule has 4 atom stereocenters. The summed E-state index contributed by atoms with van der Waals surface area (Å²) in [5.74, 6) is -0.608. The van der Waals surface area contributed by atoms with Crippen molar-refractivity contribution < 1.29 is 43.7 Å². The number of phenols is 2. The fourth-order valence-corrected chi connectivity index (χ4v) is 13.3. The number of aromatic hydroxyl groups is 2. The number of rotatable bonds is 19. The third-order valence-electron chi connectivity index (χ3n) is 18.1. The molecule has 12 rings (SSSR count). The number of aromatic nitrogens is 2. The lowest BCUT2D eigenvalue weighted by Crippen LogP contribution is -2.75. The number of amides is 7. The largest absolute Gasteiger partial charge is 0.508 e. The Kier molecular flexibility index (Phi) is 25.9. The average Bonchev–Trinajstić information content (AvgIpc) is 0.823. The van der Waals surface area contributed by atoms with Gasteiger partial charge in [0.25, 0.3) is 0 Å². The number of nitrogens with zero attached hydrogens (tertiary/aromatic N) is 13. The van der Waals surface area contributed by atoms with Crippen LogP contribution in [0.15, 0.2) is 163 Å². The molecule has 0 saturated carbocycles. The second-order valence-electron chi connectivity index (χ2n) is 24.8. The summed E-state index contributed by atoms with van der Waals surface area (Å²) in [7, 11) is 3.45. The zero-order chi connectivity index (χ0) is 69.8. The van der Waals surface area contributed by atoms with E-state index < -0.39 is 24.4 Å². The minimum absolute atomic E-state index is 0.0214. The smallest absolute Gasteiger partial charge is 0.334 e. The quantitative estimate of drug-likeness (QED) is 0.0511. The molecule has 1 aromatic heterocycles. The molecule has 23 heteroatoms. The van der Waals surface area contributed by atoms with Crippen LogP contribution in [0, 0.1) is 0 Å². The number of aryl methyl sites for hydroxylation is 3. The molecular formula is C75H96N14O9. The molecule has 0 aliphatic carbocycles. The Hall–Kier alpha value is -9.68. The highest BCUT2D eigenvalue weighted by Crippen LogP contribution is 2.33. The SMILES string of the molecule is C/C=N\N(CCN1CCOCC1)c1ccccc1CN1CC2N(C(=O)CN(C)N2C(=O)NCc2ccccc2)[C@@H](CCc2ccc(O)cc2)C1=O.CC.CCCn1ncc2ccc(CN3CC4N(C(=O)CN(C)N4C(C)=O)[C@@H](Cc4ccc(O)cc4)C3=O)cc21.CCc1ccccc1. The van der Waals surface area contributed by atoms with E-state index in [1.807, 2.05) is 122 Å². The fraction of sp³-hybridized carbons (Fsp3) is 0.413. The van der Waals surface area contributed by atoms with Crippen LogP contribution in [0.25, 0.3) is 10.9 Å². The number of para-hydroxylation sites is 1. The van der Waals surface area contributed by atoms with Gasteiger partial charge in [-0.3, -0.25) is 43.6 Å². The molecule has 0 radical (unpaired) electrons. The van der Waals surface area contributed by atoms with Crippen LogP contribution in [-0.2, 0) is 74.2 Å². The number of piperazine rings is 2. The third-order valence-corrected chi connectivity index (χ3v) is 18.1. The molecule has 6 aromatic carbocycles. The first-order valence-corrected chi connectivity index (χ1v) is 34.2. The van der Waals surface area contributed by atoms with Gasteiger partial charge in [-0.15, -0.1) is 0 Å². The van der Waals surface area contributed by atoms with Crippen molar-refractivity contribution in [3.63, 3.8) is 0 Å². The van der Waals surface area contributed by atoms with Crippen LogP contribution in [0.1, 0.15) is 87.8 Å². The second kappa shape index (κ2) is 35.0. The van der Waals surface area contributed by atoms with Crippen LogP contribution in [-0.4, -0.2) is 210 Å². The molecule has 0 spiro atoms. The summed E-state index contributed by atoms with van der Waals surface area (Å²) < 4.78 is 7.50. The van der Waals surface area contributed by atoms with Crippen molar-refractivity contribution in [2.45, 2.75) is 124 Å². The number of hydrazone groups is 1. The van der Waals surface area contributed by atoms with Crippen LogP contribution >= 0.6 is 0 Å². The molecule has 5 fully saturated rings. The van der Waals surface area contributed by atoms with Crippen molar-refractivity contribution in [1.29, 1.82) is 0 Å². The molecule has 7 amide bonds. The van der Waals surface area contributed by atoms with Crippen LogP contribution in [0.3, 0.4) is 0 Å². The molecule has 3 N–H and O–H groups in total. The molecule has 2 unspecified atom stereocenters. The van der Waals surface area contributed by atoms with Crippen LogP contribution in [0.4, 0.5) is 10.5 Å². The fourth-order valence-electron chi connectivity index (χ4n) is 13.3. The molecule has 5 aliphatic rings. The zero-order valence-electron chi connectivity index (χ0n) is 57.9. The molecule has 6 heterocycles. The Morgan fingerprint density at radius 3 is 1.84 bits per heavy atom. The van der Waals surface area contributed by atoms with Gasteiger partial charge in [-0.05, 0) is 102 Å². The number of hydrazine groups is 2. The number of benzene rings is 6. The van der Waals surface area contributed by atoms with Crippen molar-refractivity contribution in [3.05, 3.63) is 191 Å². The summed E-state index contributed by atoms with van der Waals surface area (Å²) in [6, 6.07) is 45.8. The third kappa shape index (κ3) is 18.1. The number of carbonyl (C=O) groups is 6. The van der Waals surface area contributed by atoms with Gasteiger partial charge in [0.15, 0.2) is 0 Å². The van der Waals surface area contributed by atoms with Gasteiger partial charge < -0.3 is 39.9 Å². The minimum Gasteiger partial charge on any atom is -0.508 e. The number of ether oxygens (including phenoxy) is 1. The van der Waals surface area contributed by atoms with Crippen molar-refractivity contribution >= 4 is 58.4 Å². The lowest BCUT2D eigenvalue weighted by molar-refractivity contribution is -0.201. The van der Waals surface area contributed by atoms with Crippen LogP contribution < -0.4 is 10.3 Å².